The van der Waals surface area contributed by atoms with Crippen LogP contribution in [0.4, 0.5) is 5.00 Å². The molecule has 0 atom stereocenters. The number of thiophene rings is 1. The van der Waals surface area contributed by atoms with Gasteiger partial charge in [-0.25, -0.2) is 4.79 Å². The van der Waals surface area contributed by atoms with Gasteiger partial charge in [-0.05, 0) is 50.4 Å². The smallest absolute Gasteiger partial charge is 0.341 e. The number of nitrogens with one attached hydrogen (secondary N) is 1. The Hall–Kier alpha value is -2.18. The van der Waals surface area contributed by atoms with Gasteiger partial charge in [0.2, 0.25) is 5.91 Å². The van der Waals surface area contributed by atoms with E-state index >= 15 is 0 Å². The molecule has 2 heterocycles. The Labute approximate surface area is 164 Å². The second-order valence-electron chi connectivity index (χ2n) is 6.95. The SMILES string of the molecule is CCOC(=O)c1cc(-c2ccccc2)sc1NC(=O)CN1CCC(C)CC1. The van der Waals surface area contributed by atoms with E-state index in [0.717, 1.165) is 42.3 Å². The van der Waals surface area contributed by atoms with Crippen LogP contribution < -0.4 is 5.32 Å². The first-order valence-corrected chi connectivity index (χ1v) is 10.3. The average Bonchev–Trinajstić information content (AvgIpc) is 3.08. The number of esters is 1. The fourth-order valence-electron chi connectivity index (χ4n) is 3.18. The fraction of sp³-hybridized carbons (Fsp3) is 0.429. The van der Waals surface area contributed by atoms with Crippen molar-refractivity contribution in [3.63, 3.8) is 0 Å². The van der Waals surface area contributed by atoms with E-state index in [1.165, 1.54) is 11.3 Å². The summed E-state index contributed by atoms with van der Waals surface area (Å²) in [6.07, 6.45) is 2.25. The van der Waals surface area contributed by atoms with Crippen LogP contribution in [0.1, 0.15) is 37.0 Å². The summed E-state index contributed by atoms with van der Waals surface area (Å²) in [5.41, 5.74) is 1.43. The number of carbonyl (C=O) groups is 2. The molecule has 0 spiro atoms. The molecule has 1 aromatic carbocycles. The summed E-state index contributed by atoms with van der Waals surface area (Å²) >= 11 is 1.41. The van der Waals surface area contributed by atoms with E-state index < -0.39 is 5.97 Å². The normalized spacial score (nSPS) is 15.5. The number of carbonyl (C=O) groups excluding carboxylic acids is 2. The number of likely N-dealkylation sites (tertiary alicyclic amines) is 1. The second-order valence-corrected chi connectivity index (χ2v) is 8.00. The lowest BCUT2D eigenvalue weighted by Gasteiger charge is -2.29. The lowest BCUT2D eigenvalue weighted by atomic mass is 9.99. The van der Waals surface area contributed by atoms with E-state index in [9.17, 15) is 9.59 Å². The predicted octanol–water partition coefficient (Wildman–Crippen LogP) is 4.26. The van der Waals surface area contributed by atoms with Gasteiger partial charge in [0.25, 0.3) is 0 Å². The van der Waals surface area contributed by atoms with E-state index in [1.54, 1.807) is 13.0 Å². The monoisotopic (exact) mass is 386 g/mol. The topological polar surface area (TPSA) is 58.6 Å². The van der Waals surface area contributed by atoms with Crippen molar-refractivity contribution in [1.29, 1.82) is 0 Å². The number of nitrogens with zero attached hydrogens (tertiary/aromatic N) is 1. The minimum Gasteiger partial charge on any atom is -0.462 e. The van der Waals surface area contributed by atoms with Crippen LogP contribution in [0.3, 0.4) is 0 Å². The maximum absolute atomic E-state index is 12.5. The Morgan fingerprint density at radius 3 is 2.59 bits per heavy atom. The number of rotatable bonds is 6. The van der Waals surface area contributed by atoms with Gasteiger partial charge in [0.15, 0.2) is 0 Å². The molecule has 1 saturated heterocycles. The van der Waals surface area contributed by atoms with Crippen molar-refractivity contribution in [1.82, 2.24) is 4.90 Å². The summed E-state index contributed by atoms with van der Waals surface area (Å²) in [5.74, 6) is 0.236. The molecule has 0 aliphatic carbocycles. The molecular formula is C21H26N2O3S. The van der Waals surface area contributed by atoms with Crippen LogP contribution in [0.5, 0.6) is 0 Å². The number of benzene rings is 1. The van der Waals surface area contributed by atoms with E-state index in [4.69, 9.17) is 4.74 Å². The molecule has 0 unspecified atom stereocenters. The molecule has 6 heteroatoms. The van der Waals surface area contributed by atoms with Crippen LogP contribution in [-0.4, -0.2) is 43.0 Å². The summed E-state index contributed by atoms with van der Waals surface area (Å²) < 4.78 is 5.17. The predicted molar refractivity (Wildman–Crippen MR) is 109 cm³/mol. The third kappa shape index (κ3) is 5.17. The van der Waals surface area contributed by atoms with E-state index in [1.807, 2.05) is 30.3 Å². The van der Waals surface area contributed by atoms with Crippen LogP contribution in [-0.2, 0) is 9.53 Å². The molecule has 1 aromatic heterocycles. The van der Waals surface area contributed by atoms with Gasteiger partial charge in [0.1, 0.15) is 5.00 Å². The van der Waals surface area contributed by atoms with Crippen molar-refractivity contribution >= 4 is 28.2 Å². The number of piperidine rings is 1. The molecule has 0 saturated carbocycles. The number of amides is 1. The fourth-order valence-corrected chi connectivity index (χ4v) is 4.25. The summed E-state index contributed by atoms with van der Waals surface area (Å²) in [6, 6.07) is 11.6. The van der Waals surface area contributed by atoms with Crippen LogP contribution in [0.15, 0.2) is 36.4 Å². The van der Waals surface area contributed by atoms with Gasteiger partial charge >= 0.3 is 5.97 Å². The first-order chi connectivity index (χ1) is 13.1. The molecule has 1 N–H and O–H groups in total. The van der Waals surface area contributed by atoms with E-state index in [0.29, 0.717) is 23.7 Å². The molecule has 0 radical (unpaired) electrons. The number of anilines is 1. The average molecular weight is 387 g/mol. The lowest BCUT2D eigenvalue weighted by Crippen LogP contribution is -2.38. The Morgan fingerprint density at radius 2 is 1.93 bits per heavy atom. The molecule has 27 heavy (non-hydrogen) atoms. The first-order valence-electron chi connectivity index (χ1n) is 9.45. The third-order valence-corrected chi connectivity index (χ3v) is 5.88. The molecule has 2 aromatic rings. The van der Waals surface area contributed by atoms with Crippen LogP contribution >= 0.6 is 11.3 Å². The van der Waals surface area contributed by atoms with E-state index in [-0.39, 0.29) is 5.91 Å². The van der Waals surface area contributed by atoms with Gasteiger partial charge in [-0.15, -0.1) is 11.3 Å². The molecule has 0 bridgehead atoms. The van der Waals surface area contributed by atoms with Gasteiger partial charge in [-0.3, -0.25) is 9.69 Å². The molecule has 1 amide bonds. The summed E-state index contributed by atoms with van der Waals surface area (Å²) in [4.78, 5) is 28.0. The maximum Gasteiger partial charge on any atom is 0.341 e. The molecule has 1 aliphatic rings. The maximum atomic E-state index is 12.5. The van der Waals surface area contributed by atoms with Crippen LogP contribution in [0, 0.1) is 5.92 Å². The summed E-state index contributed by atoms with van der Waals surface area (Å²) in [5, 5.41) is 3.49. The minimum atomic E-state index is -0.405. The van der Waals surface area contributed by atoms with Gasteiger partial charge in [-0.2, -0.15) is 0 Å². The number of ether oxygens (including phenoxy) is 1. The van der Waals surface area contributed by atoms with E-state index in [2.05, 4.69) is 17.1 Å². The highest BCUT2D eigenvalue weighted by atomic mass is 32.1. The van der Waals surface area contributed by atoms with Crippen molar-refractivity contribution in [2.45, 2.75) is 26.7 Å². The van der Waals surface area contributed by atoms with Gasteiger partial charge in [0, 0.05) is 4.88 Å². The van der Waals surface area contributed by atoms with Gasteiger partial charge < -0.3 is 10.1 Å². The largest absolute Gasteiger partial charge is 0.462 e. The second kappa shape index (κ2) is 9.15. The highest BCUT2D eigenvalue weighted by molar-refractivity contribution is 7.20. The zero-order valence-electron chi connectivity index (χ0n) is 15.9. The van der Waals surface area contributed by atoms with Crippen LogP contribution in [0.25, 0.3) is 10.4 Å². The molecule has 1 fully saturated rings. The number of hydrogen-bond donors (Lipinski definition) is 1. The quantitative estimate of drug-likeness (QED) is 0.754. The van der Waals surface area contributed by atoms with Crippen molar-refractivity contribution in [2.75, 3.05) is 31.6 Å². The van der Waals surface area contributed by atoms with Gasteiger partial charge in [0.05, 0.1) is 18.7 Å². The van der Waals surface area contributed by atoms with Gasteiger partial charge in [-0.1, -0.05) is 37.3 Å². The Morgan fingerprint density at radius 1 is 1.22 bits per heavy atom. The Balaban J connectivity index is 1.75. The molecule has 5 nitrogen and oxygen atoms in total. The molecule has 1 aliphatic heterocycles. The van der Waals surface area contributed by atoms with Crippen molar-refractivity contribution in [2.24, 2.45) is 5.92 Å². The highest BCUT2D eigenvalue weighted by Gasteiger charge is 2.22. The highest BCUT2D eigenvalue weighted by Crippen LogP contribution is 2.36. The standard InChI is InChI=1S/C21H26N2O3S/c1-3-26-21(25)17-13-18(16-7-5-4-6-8-16)27-20(17)22-19(24)14-23-11-9-15(2)10-12-23/h4-8,13,15H,3,9-12,14H2,1-2H3,(H,22,24). The minimum absolute atomic E-state index is 0.0865. The van der Waals surface area contributed by atoms with Crippen molar-refractivity contribution < 1.29 is 14.3 Å². The molecule has 3 rings (SSSR count). The Kier molecular flexibility index (Phi) is 6.63. The zero-order valence-corrected chi connectivity index (χ0v) is 16.7. The van der Waals surface area contributed by atoms with Crippen LogP contribution in [0.2, 0.25) is 0 Å². The summed E-state index contributed by atoms with van der Waals surface area (Å²) in [7, 11) is 0. The third-order valence-electron chi connectivity index (χ3n) is 4.78. The Bertz CT molecular complexity index is 780. The lowest BCUT2D eigenvalue weighted by molar-refractivity contribution is -0.117. The van der Waals surface area contributed by atoms with Crippen molar-refractivity contribution in [3.8, 4) is 10.4 Å². The number of hydrogen-bond acceptors (Lipinski definition) is 5. The first kappa shape index (κ1) is 19.6. The molecular weight excluding hydrogens is 360 g/mol. The molecule has 144 valence electrons. The zero-order chi connectivity index (χ0) is 19.2. The van der Waals surface area contributed by atoms with Crippen molar-refractivity contribution in [3.05, 3.63) is 42.0 Å². The summed E-state index contributed by atoms with van der Waals surface area (Å²) in [6.45, 7) is 6.57.